The van der Waals surface area contributed by atoms with Crippen LogP contribution in [0.5, 0.6) is 5.75 Å². The Balaban J connectivity index is 2.03. The zero-order valence-corrected chi connectivity index (χ0v) is 12.5. The summed E-state index contributed by atoms with van der Waals surface area (Å²) in [5.41, 5.74) is 9.34. The number of aryl methyl sites for hydroxylation is 2. The molecule has 1 aromatic rings. The van der Waals surface area contributed by atoms with Gasteiger partial charge in [0.1, 0.15) is 5.75 Å². The van der Waals surface area contributed by atoms with E-state index < -0.39 is 0 Å². The third kappa shape index (κ3) is 3.50. The van der Waals surface area contributed by atoms with E-state index in [0.29, 0.717) is 12.6 Å². The number of ether oxygens (including phenoxy) is 1. The number of benzene rings is 1. The molecule has 1 saturated carbocycles. The van der Waals surface area contributed by atoms with Gasteiger partial charge in [0.15, 0.2) is 0 Å². The van der Waals surface area contributed by atoms with Crippen LogP contribution >= 0.6 is 0 Å². The van der Waals surface area contributed by atoms with E-state index >= 15 is 0 Å². The molecule has 2 rings (SSSR count). The Morgan fingerprint density at radius 3 is 2.16 bits per heavy atom. The Morgan fingerprint density at radius 1 is 1.11 bits per heavy atom. The molecule has 0 saturated heterocycles. The number of hydrogen-bond acceptors (Lipinski definition) is 2. The lowest BCUT2D eigenvalue weighted by Crippen LogP contribution is -2.24. The van der Waals surface area contributed by atoms with E-state index in [1.54, 1.807) is 0 Å². The SMILES string of the molecule is CCC1CCC(Oc2c(C)cc(CN)cc2C)CC1. The Kier molecular flexibility index (Phi) is 4.87. The van der Waals surface area contributed by atoms with E-state index in [0.717, 1.165) is 11.7 Å². The molecule has 0 bridgehead atoms. The smallest absolute Gasteiger partial charge is 0.125 e. The summed E-state index contributed by atoms with van der Waals surface area (Å²) in [4.78, 5) is 0. The van der Waals surface area contributed by atoms with Crippen LogP contribution in [0.4, 0.5) is 0 Å². The predicted molar refractivity (Wildman–Crippen MR) is 80.5 cm³/mol. The van der Waals surface area contributed by atoms with Crippen LogP contribution in [-0.2, 0) is 6.54 Å². The maximum absolute atomic E-state index is 6.27. The molecule has 0 aromatic heterocycles. The second-order valence-electron chi connectivity index (χ2n) is 5.93. The Bertz CT molecular complexity index is 396. The first-order valence-corrected chi connectivity index (χ1v) is 7.60. The van der Waals surface area contributed by atoms with Gasteiger partial charge < -0.3 is 10.5 Å². The highest BCUT2D eigenvalue weighted by Gasteiger charge is 2.22. The normalized spacial score (nSPS) is 23.4. The lowest BCUT2D eigenvalue weighted by atomic mass is 9.86. The molecule has 0 heterocycles. The lowest BCUT2D eigenvalue weighted by Gasteiger charge is -2.29. The summed E-state index contributed by atoms with van der Waals surface area (Å²) >= 11 is 0. The third-order valence-electron chi connectivity index (χ3n) is 4.41. The minimum absolute atomic E-state index is 0.406. The van der Waals surface area contributed by atoms with Crippen molar-refractivity contribution in [3.8, 4) is 5.75 Å². The fourth-order valence-corrected chi connectivity index (χ4v) is 3.17. The Labute approximate surface area is 117 Å². The molecule has 106 valence electrons. The van der Waals surface area contributed by atoms with Gasteiger partial charge in [-0.15, -0.1) is 0 Å². The molecule has 0 aliphatic heterocycles. The molecule has 0 unspecified atom stereocenters. The fraction of sp³-hybridized carbons (Fsp3) is 0.647. The first kappa shape index (κ1) is 14.4. The van der Waals surface area contributed by atoms with Gasteiger partial charge in [0.05, 0.1) is 6.10 Å². The van der Waals surface area contributed by atoms with Crippen molar-refractivity contribution in [1.82, 2.24) is 0 Å². The highest BCUT2D eigenvalue weighted by atomic mass is 16.5. The van der Waals surface area contributed by atoms with Crippen molar-refractivity contribution in [2.45, 2.75) is 65.5 Å². The molecule has 1 aliphatic carbocycles. The summed E-state index contributed by atoms with van der Waals surface area (Å²) in [6.45, 7) is 7.15. The van der Waals surface area contributed by atoms with Crippen LogP contribution in [0.15, 0.2) is 12.1 Å². The molecule has 2 heteroatoms. The van der Waals surface area contributed by atoms with E-state index in [4.69, 9.17) is 10.5 Å². The van der Waals surface area contributed by atoms with Crippen LogP contribution in [0.25, 0.3) is 0 Å². The first-order valence-electron chi connectivity index (χ1n) is 7.60. The van der Waals surface area contributed by atoms with Crippen molar-refractivity contribution in [3.05, 3.63) is 28.8 Å². The summed E-state index contributed by atoms with van der Waals surface area (Å²) < 4.78 is 6.27. The minimum atomic E-state index is 0.406. The van der Waals surface area contributed by atoms with Gasteiger partial charge in [-0.2, -0.15) is 0 Å². The third-order valence-corrected chi connectivity index (χ3v) is 4.41. The number of nitrogens with two attached hydrogens (primary N) is 1. The van der Waals surface area contributed by atoms with Gasteiger partial charge in [-0.05, 0) is 62.1 Å². The Morgan fingerprint density at radius 2 is 1.68 bits per heavy atom. The first-order chi connectivity index (χ1) is 9.13. The topological polar surface area (TPSA) is 35.2 Å². The van der Waals surface area contributed by atoms with E-state index in [2.05, 4.69) is 32.9 Å². The zero-order chi connectivity index (χ0) is 13.8. The second-order valence-corrected chi connectivity index (χ2v) is 5.93. The van der Waals surface area contributed by atoms with E-state index in [-0.39, 0.29) is 0 Å². The summed E-state index contributed by atoms with van der Waals surface area (Å²) in [7, 11) is 0. The van der Waals surface area contributed by atoms with Gasteiger partial charge in [-0.25, -0.2) is 0 Å². The van der Waals surface area contributed by atoms with Crippen molar-refractivity contribution in [2.75, 3.05) is 0 Å². The molecule has 0 amide bonds. The summed E-state index contributed by atoms with van der Waals surface area (Å²) in [5, 5.41) is 0. The van der Waals surface area contributed by atoms with Gasteiger partial charge in [0, 0.05) is 6.54 Å². The summed E-state index contributed by atoms with van der Waals surface area (Å²) in [6.07, 6.45) is 6.77. The molecule has 0 spiro atoms. The van der Waals surface area contributed by atoms with E-state index in [9.17, 15) is 0 Å². The zero-order valence-electron chi connectivity index (χ0n) is 12.5. The van der Waals surface area contributed by atoms with Crippen molar-refractivity contribution in [3.63, 3.8) is 0 Å². The van der Waals surface area contributed by atoms with Gasteiger partial charge in [0.2, 0.25) is 0 Å². The van der Waals surface area contributed by atoms with Crippen LogP contribution in [0, 0.1) is 19.8 Å². The maximum Gasteiger partial charge on any atom is 0.125 e. The standard InChI is InChI=1S/C17H27NO/c1-4-14-5-7-16(8-6-14)19-17-12(2)9-15(11-18)10-13(17)3/h9-10,14,16H,4-8,11,18H2,1-3H3. The van der Waals surface area contributed by atoms with Crippen LogP contribution in [0.3, 0.4) is 0 Å². The number of hydrogen-bond donors (Lipinski definition) is 1. The average Bonchev–Trinajstić information content (AvgIpc) is 2.43. The molecule has 0 atom stereocenters. The van der Waals surface area contributed by atoms with Crippen molar-refractivity contribution < 1.29 is 4.74 Å². The number of rotatable bonds is 4. The van der Waals surface area contributed by atoms with Crippen molar-refractivity contribution in [2.24, 2.45) is 11.7 Å². The second kappa shape index (κ2) is 6.42. The van der Waals surface area contributed by atoms with Crippen LogP contribution in [0.2, 0.25) is 0 Å². The van der Waals surface area contributed by atoms with Gasteiger partial charge in [0.25, 0.3) is 0 Å². The Hall–Kier alpha value is -1.02. The minimum Gasteiger partial charge on any atom is -0.490 e. The molecular formula is C17H27NO. The summed E-state index contributed by atoms with van der Waals surface area (Å²) in [6, 6.07) is 4.31. The largest absolute Gasteiger partial charge is 0.490 e. The average molecular weight is 261 g/mol. The van der Waals surface area contributed by atoms with E-state index in [1.165, 1.54) is 48.8 Å². The molecule has 2 N–H and O–H groups in total. The summed E-state index contributed by atoms with van der Waals surface area (Å²) in [5.74, 6) is 2.00. The highest BCUT2D eigenvalue weighted by molar-refractivity contribution is 5.43. The van der Waals surface area contributed by atoms with Crippen LogP contribution < -0.4 is 10.5 Å². The van der Waals surface area contributed by atoms with Gasteiger partial charge in [-0.1, -0.05) is 25.5 Å². The molecule has 1 aliphatic rings. The lowest BCUT2D eigenvalue weighted by molar-refractivity contribution is 0.128. The quantitative estimate of drug-likeness (QED) is 0.885. The monoisotopic (exact) mass is 261 g/mol. The highest BCUT2D eigenvalue weighted by Crippen LogP contribution is 2.32. The van der Waals surface area contributed by atoms with E-state index in [1.807, 2.05) is 0 Å². The van der Waals surface area contributed by atoms with Crippen LogP contribution in [0.1, 0.15) is 55.7 Å². The van der Waals surface area contributed by atoms with Gasteiger partial charge >= 0.3 is 0 Å². The molecule has 0 radical (unpaired) electrons. The molecule has 2 nitrogen and oxygen atoms in total. The van der Waals surface area contributed by atoms with Gasteiger partial charge in [-0.3, -0.25) is 0 Å². The maximum atomic E-state index is 6.27. The fourth-order valence-electron chi connectivity index (χ4n) is 3.17. The van der Waals surface area contributed by atoms with Crippen molar-refractivity contribution >= 4 is 0 Å². The molecule has 19 heavy (non-hydrogen) atoms. The predicted octanol–water partition coefficient (Wildman–Crippen LogP) is 4.11. The van der Waals surface area contributed by atoms with Crippen molar-refractivity contribution in [1.29, 1.82) is 0 Å². The molecule has 1 aromatic carbocycles. The van der Waals surface area contributed by atoms with Crippen LogP contribution in [-0.4, -0.2) is 6.10 Å². The molecule has 1 fully saturated rings. The molecular weight excluding hydrogens is 234 g/mol.